The largest absolute Gasteiger partial charge is 0.501 e. The first-order valence-corrected chi connectivity index (χ1v) is 6.30. The molecule has 1 atom stereocenters. The zero-order valence-electron chi connectivity index (χ0n) is 9.37. The van der Waals surface area contributed by atoms with Crippen LogP contribution in [0.3, 0.4) is 0 Å². The van der Waals surface area contributed by atoms with E-state index < -0.39 is 0 Å². The number of aryl methyl sites for hydroxylation is 1. The number of ether oxygens (including phenoxy) is 1. The molecular formula is C13H16BrNO. The molecule has 0 fully saturated rings. The van der Waals surface area contributed by atoms with Gasteiger partial charge in [-0.25, -0.2) is 0 Å². The molecule has 0 amide bonds. The molecule has 0 aliphatic carbocycles. The van der Waals surface area contributed by atoms with Crippen molar-refractivity contribution in [1.82, 2.24) is 0 Å². The van der Waals surface area contributed by atoms with Gasteiger partial charge in [-0.2, -0.15) is 0 Å². The summed E-state index contributed by atoms with van der Waals surface area (Å²) in [6, 6.07) is 6.18. The molecule has 3 heteroatoms. The first-order valence-electron chi connectivity index (χ1n) is 5.50. The third kappa shape index (κ3) is 2.47. The van der Waals surface area contributed by atoms with Gasteiger partial charge in [-0.1, -0.05) is 22.0 Å². The van der Waals surface area contributed by atoms with Crippen LogP contribution < -0.4 is 5.73 Å². The van der Waals surface area contributed by atoms with Crippen LogP contribution in [0.15, 0.2) is 34.5 Å². The highest BCUT2D eigenvalue weighted by Crippen LogP contribution is 2.28. The highest BCUT2D eigenvalue weighted by Gasteiger charge is 2.16. The normalized spacial score (nSPS) is 17.6. The first-order chi connectivity index (χ1) is 7.68. The number of nitrogens with two attached hydrogens (primary N) is 1. The van der Waals surface area contributed by atoms with Crippen molar-refractivity contribution in [3.05, 3.63) is 45.6 Å². The Labute approximate surface area is 105 Å². The van der Waals surface area contributed by atoms with Gasteiger partial charge in [-0.3, -0.25) is 0 Å². The van der Waals surface area contributed by atoms with Gasteiger partial charge in [-0.05, 0) is 48.6 Å². The molecule has 2 N–H and O–H groups in total. The highest BCUT2D eigenvalue weighted by atomic mass is 79.9. The fourth-order valence-corrected chi connectivity index (χ4v) is 2.48. The van der Waals surface area contributed by atoms with Crippen LogP contribution in [0, 0.1) is 6.92 Å². The fraction of sp³-hybridized carbons (Fsp3) is 0.385. The van der Waals surface area contributed by atoms with E-state index in [-0.39, 0.29) is 6.04 Å². The standard InChI is InChI=1S/C13H16BrNO/c1-9-7-11(14)4-5-12(9)13(15)10-3-2-6-16-8-10/h4-5,7-8,13H,2-3,6,15H2,1H3. The summed E-state index contributed by atoms with van der Waals surface area (Å²) in [6.45, 7) is 2.90. The lowest BCUT2D eigenvalue weighted by molar-refractivity contribution is 0.221. The molecule has 1 aromatic rings. The van der Waals surface area contributed by atoms with Gasteiger partial charge in [0, 0.05) is 4.47 Å². The number of hydrogen-bond donors (Lipinski definition) is 1. The van der Waals surface area contributed by atoms with Gasteiger partial charge in [0.25, 0.3) is 0 Å². The summed E-state index contributed by atoms with van der Waals surface area (Å²) in [4.78, 5) is 0. The minimum atomic E-state index is -0.0339. The van der Waals surface area contributed by atoms with Gasteiger partial charge in [0.2, 0.25) is 0 Å². The van der Waals surface area contributed by atoms with E-state index in [1.54, 1.807) is 0 Å². The second kappa shape index (κ2) is 5.02. The Bertz CT molecular complexity index is 414. The van der Waals surface area contributed by atoms with Gasteiger partial charge in [-0.15, -0.1) is 0 Å². The van der Waals surface area contributed by atoms with Crippen molar-refractivity contribution in [1.29, 1.82) is 0 Å². The second-order valence-electron chi connectivity index (χ2n) is 4.15. The van der Waals surface area contributed by atoms with Gasteiger partial charge in [0.05, 0.1) is 18.9 Å². The van der Waals surface area contributed by atoms with E-state index in [1.807, 2.05) is 12.3 Å². The summed E-state index contributed by atoms with van der Waals surface area (Å²) in [5.74, 6) is 0. The molecular weight excluding hydrogens is 266 g/mol. The Morgan fingerprint density at radius 1 is 1.44 bits per heavy atom. The topological polar surface area (TPSA) is 35.2 Å². The molecule has 0 radical (unpaired) electrons. The molecule has 1 aromatic carbocycles. The molecule has 1 aliphatic rings. The predicted octanol–water partition coefficient (Wildman–Crippen LogP) is 3.45. The van der Waals surface area contributed by atoms with Crippen molar-refractivity contribution in [2.45, 2.75) is 25.8 Å². The van der Waals surface area contributed by atoms with E-state index in [9.17, 15) is 0 Å². The third-order valence-electron chi connectivity index (χ3n) is 2.93. The summed E-state index contributed by atoms with van der Waals surface area (Å²) in [5, 5.41) is 0. The van der Waals surface area contributed by atoms with E-state index in [0.29, 0.717) is 0 Å². The number of halogens is 1. The van der Waals surface area contributed by atoms with Crippen LogP contribution in [0.25, 0.3) is 0 Å². The first kappa shape index (κ1) is 11.7. The summed E-state index contributed by atoms with van der Waals surface area (Å²) >= 11 is 3.46. The summed E-state index contributed by atoms with van der Waals surface area (Å²) in [6.07, 6.45) is 3.93. The smallest absolute Gasteiger partial charge is 0.0876 e. The quantitative estimate of drug-likeness (QED) is 0.901. The van der Waals surface area contributed by atoms with Crippen molar-refractivity contribution >= 4 is 15.9 Å². The number of rotatable bonds is 2. The maximum atomic E-state index is 6.26. The average Bonchev–Trinajstić information content (AvgIpc) is 2.29. The maximum Gasteiger partial charge on any atom is 0.0876 e. The lowest BCUT2D eigenvalue weighted by atomic mass is 9.93. The van der Waals surface area contributed by atoms with Gasteiger partial charge < -0.3 is 10.5 Å². The van der Waals surface area contributed by atoms with Crippen LogP contribution in [0.4, 0.5) is 0 Å². The Morgan fingerprint density at radius 3 is 2.88 bits per heavy atom. The zero-order valence-corrected chi connectivity index (χ0v) is 11.0. The molecule has 0 saturated heterocycles. The Balaban J connectivity index is 2.26. The van der Waals surface area contributed by atoms with Crippen LogP contribution in [0.5, 0.6) is 0 Å². The van der Waals surface area contributed by atoms with Crippen molar-refractivity contribution < 1.29 is 4.74 Å². The molecule has 2 nitrogen and oxygen atoms in total. The Kier molecular flexibility index (Phi) is 3.66. The van der Waals surface area contributed by atoms with Crippen LogP contribution in [-0.2, 0) is 4.74 Å². The van der Waals surface area contributed by atoms with E-state index >= 15 is 0 Å². The molecule has 16 heavy (non-hydrogen) atoms. The molecule has 1 unspecified atom stereocenters. The summed E-state index contributed by atoms with van der Waals surface area (Å²) in [7, 11) is 0. The Hall–Kier alpha value is -0.800. The summed E-state index contributed by atoms with van der Waals surface area (Å²) in [5.41, 5.74) is 9.84. The Morgan fingerprint density at radius 2 is 2.25 bits per heavy atom. The fourth-order valence-electron chi connectivity index (χ4n) is 2.00. The molecule has 86 valence electrons. The van der Waals surface area contributed by atoms with Crippen LogP contribution >= 0.6 is 15.9 Å². The minimum Gasteiger partial charge on any atom is -0.501 e. The second-order valence-corrected chi connectivity index (χ2v) is 5.06. The number of benzene rings is 1. The van der Waals surface area contributed by atoms with Crippen molar-refractivity contribution in [3.63, 3.8) is 0 Å². The molecule has 1 aliphatic heterocycles. The average molecular weight is 282 g/mol. The van der Waals surface area contributed by atoms with Crippen LogP contribution in [0.2, 0.25) is 0 Å². The summed E-state index contributed by atoms with van der Waals surface area (Å²) < 4.78 is 6.43. The van der Waals surface area contributed by atoms with E-state index in [2.05, 4.69) is 35.0 Å². The minimum absolute atomic E-state index is 0.0339. The predicted molar refractivity (Wildman–Crippen MR) is 69.1 cm³/mol. The lowest BCUT2D eigenvalue weighted by Crippen LogP contribution is -2.17. The van der Waals surface area contributed by atoms with E-state index in [0.717, 1.165) is 23.9 Å². The van der Waals surface area contributed by atoms with Gasteiger partial charge in [0.1, 0.15) is 0 Å². The third-order valence-corrected chi connectivity index (χ3v) is 3.42. The maximum absolute atomic E-state index is 6.26. The van der Waals surface area contributed by atoms with Gasteiger partial charge >= 0.3 is 0 Å². The van der Waals surface area contributed by atoms with Crippen molar-refractivity contribution in [2.75, 3.05) is 6.61 Å². The molecule has 1 heterocycles. The van der Waals surface area contributed by atoms with Crippen LogP contribution in [-0.4, -0.2) is 6.61 Å². The monoisotopic (exact) mass is 281 g/mol. The SMILES string of the molecule is Cc1cc(Br)ccc1C(N)C1=COCCC1. The molecule has 0 bridgehead atoms. The molecule has 2 rings (SSSR count). The van der Waals surface area contributed by atoms with E-state index in [1.165, 1.54) is 16.7 Å². The molecule has 0 aromatic heterocycles. The van der Waals surface area contributed by atoms with Crippen LogP contribution in [0.1, 0.15) is 30.0 Å². The van der Waals surface area contributed by atoms with Crippen molar-refractivity contribution in [2.24, 2.45) is 5.73 Å². The molecule has 0 saturated carbocycles. The highest BCUT2D eigenvalue weighted by molar-refractivity contribution is 9.10. The van der Waals surface area contributed by atoms with Crippen molar-refractivity contribution in [3.8, 4) is 0 Å². The lowest BCUT2D eigenvalue weighted by Gasteiger charge is -2.21. The zero-order chi connectivity index (χ0) is 11.5. The van der Waals surface area contributed by atoms with E-state index in [4.69, 9.17) is 10.5 Å². The molecule has 0 spiro atoms. The van der Waals surface area contributed by atoms with Gasteiger partial charge in [0.15, 0.2) is 0 Å². The number of hydrogen-bond acceptors (Lipinski definition) is 2.